The van der Waals surface area contributed by atoms with E-state index in [1.807, 2.05) is 12.1 Å². The fraction of sp³-hybridized carbons (Fsp3) is 0.389. The molecule has 5 nitrogen and oxygen atoms in total. The summed E-state index contributed by atoms with van der Waals surface area (Å²) in [6, 6.07) is 8.19. The monoisotopic (exact) mass is 311 g/mol. The van der Waals surface area contributed by atoms with Crippen LogP contribution in [-0.4, -0.2) is 29.6 Å². The van der Waals surface area contributed by atoms with Gasteiger partial charge in [0.2, 0.25) is 0 Å². The van der Waals surface area contributed by atoms with E-state index in [1.165, 1.54) is 18.2 Å². The highest BCUT2D eigenvalue weighted by atomic mass is 16.5. The van der Waals surface area contributed by atoms with Gasteiger partial charge in [-0.15, -0.1) is 0 Å². The molecule has 5 heteroatoms. The van der Waals surface area contributed by atoms with Gasteiger partial charge in [0.05, 0.1) is 18.8 Å². The van der Waals surface area contributed by atoms with Crippen molar-refractivity contribution in [1.82, 2.24) is 15.3 Å². The number of nitrogens with one attached hydrogen (secondary N) is 1. The lowest BCUT2D eigenvalue weighted by molar-refractivity contribution is 0.0597. The molecule has 2 aromatic rings. The third-order valence-electron chi connectivity index (χ3n) is 4.13. The molecule has 23 heavy (non-hydrogen) atoms. The molecule has 0 spiro atoms. The number of esters is 1. The van der Waals surface area contributed by atoms with Crippen molar-refractivity contribution in [2.75, 3.05) is 13.7 Å². The summed E-state index contributed by atoms with van der Waals surface area (Å²) in [6.07, 6.45) is 4.33. The van der Waals surface area contributed by atoms with Crippen LogP contribution in [0.4, 0.5) is 0 Å². The highest BCUT2D eigenvalue weighted by Crippen LogP contribution is 2.29. The summed E-state index contributed by atoms with van der Waals surface area (Å²) in [6.45, 7) is 2.95. The number of nitrogens with zero attached hydrogens (tertiary/aromatic N) is 2. The number of hydrogen-bond acceptors (Lipinski definition) is 5. The van der Waals surface area contributed by atoms with E-state index >= 15 is 0 Å². The Morgan fingerprint density at radius 3 is 3.00 bits per heavy atom. The maximum Gasteiger partial charge on any atom is 0.341 e. The van der Waals surface area contributed by atoms with Crippen molar-refractivity contribution in [3.05, 3.63) is 58.7 Å². The molecule has 2 heterocycles. The molecule has 1 aromatic carbocycles. The Morgan fingerprint density at radius 2 is 2.22 bits per heavy atom. The molecule has 1 atom stereocenters. The van der Waals surface area contributed by atoms with Gasteiger partial charge in [-0.1, -0.05) is 31.2 Å². The molecule has 1 aliphatic heterocycles. The molecule has 0 aliphatic carbocycles. The van der Waals surface area contributed by atoms with Crippen LogP contribution in [0.3, 0.4) is 0 Å². The number of aryl methyl sites for hydroxylation is 1. The van der Waals surface area contributed by atoms with E-state index in [1.54, 1.807) is 6.20 Å². The van der Waals surface area contributed by atoms with E-state index in [9.17, 15) is 4.79 Å². The summed E-state index contributed by atoms with van der Waals surface area (Å²) in [7, 11) is 1.38. The molecular weight excluding hydrogens is 290 g/mol. The second kappa shape index (κ2) is 6.87. The highest BCUT2D eigenvalue weighted by molar-refractivity contribution is 5.90. The molecule has 0 saturated carbocycles. The maximum atomic E-state index is 12.1. The number of benzene rings is 1. The average Bonchev–Trinajstić information content (AvgIpc) is 2.61. The molecule has 1 aliphatic rings. The van der Waals surface area contributed by atoms with Crippen LogP contribution >= 0.6 is 0 Å². The van der Waals surface area contributed by atoms with Crippen LogP contribution in [0.5, 0.6) is 0 Å². The molecule has 1 aromatic heterocycles. The minimum atomic E-state index is -0.395. The number of rotatable bonds is 4. The zero-order valence-corrected chi connectivity index (χ0v) is 13.5. The van der Waals surface area contributed by atoms with Crippen molar-refractivity contribution in [2.24, 2.45) is 0 Å². The fourth-order valence-electron chi connectivity index (χ4n) is 3.01. The van der Waals surface area contributed by atoms with Crippen molar-refractivity contribution in [3.63, 3.8) is 0 Å². The standard InChI is InChI=1S/C18H21N3O2/c1-3-6-15-20-11-14(18(22)23-2)17(21-15)16-13-8-5-4-7-12(13)9-10-19-16/h4-5,7-8,11,16,19H,3,6,9-10H2,1-2H3. The average molecular weight is 311 g/mol. The van der Waals surface area contributed by atoms with Gasteiger partial charge in [-0.3, -0.25) is 0 Å². The molecule has 3 rings (SSSR count). The first kappa shape index (κ1) is 15.6. The second-order valence-corrected chi connectivity index (χ2v) is 5.66. The summed E-state index contributed by atoms with van der Waals surface area (Å²) in [5.74, 6) is 0.368. The summed E-state index contributed by atoms with van der Waals surface area (Å²) in [5.41, 5.74) is 3.61. The highest BCUT2D eigenvalue weighted by Gasteiger charge is 2.27. The summed E-state index contributed by atoms with van der Waals surface area (Å²) >= 11 is 0. The van der Waals surface area contributed by atoms with Crippen molar-refractivity contribution in [1.29, 1.82) is 0 Å². The number of carbonyl (C=O) groups is 1. The van der Waals surface area contributed by atoms with E-state index in [0.717, 1.165) is 31.6 Å². The van der Waals surface area contributed by atoms with Crippen LogP contribution in [0.2, 0.25) is 0 Å². The lowest BCUT2D eigenvalue weighted by Crippen LogP contribution is -2.32. The third-order valence-corrected chi connectivity index (χ3v) is 4.13. The van der Waals surface area contributed by atoms with Crippen LogP contribution in [0, 0.1) is 0 Å². The number of methoxy groups -OCH3 is 1. The van der Waals surface area contributed by atoms with Crippen molar-refractivity contribution < 1.29 is 9.53 Å². The molecular formula is C18H21N3O2. The first-order chi connectivity index (χ1) is 11.2. The van der Waals surface area contributed by atoms with E-state index in [0.29, 0.717) is 11.3 Å². The third kappa shape index (κ3) is 3.10. The minimum absolute atomic E-state index is 0.104. The van der Waals surface area contributed by atoms with Gasteiger partial charge in [0.1, 0.15) is 11.4 Å². The lowest BCUT2D eigenvalue weighted by Gasteiger charge is -2.27. The van der Waals surface area contributed by atoms with Crippen LogP contribution in [-0.2, 0) is 17.6 Å². The SMILES string of the molecule is CCCc1ncc(C(=O)OC)c(C2NCCc3ccccc32)n1. The Kier molecular flexibility index (Phi) is 4.67. The quantitative estimate of drug-likeness (QED) is 0.879. The largest absolute Gasteiger partial charge is 0.465 e. The van der Waals surface area contributed by atoms with Gasteiger partial charge in [0, 0.05) is 19.2 Å². The van der Waals surface area contributed by atoms with Gasteiger partial charge >= 0.3 is 5.97 Å². The zero-order valence-electron chi connectivity index (χ0n) is 13.5. The van der Waals surface area contributed by atoms with Gasteiger partial charge in [-0.25, -0.2) is 14.8 Å². The molecule has 0 saturated heterocycles. The number of ether oxygens (including phenoxy) is 1. The van der Waals surface area contributed by atoms with Gasteiger partial charge in [-0.2, -0.15) is 0 Å². The predicted octanol–water partition coefficient (Wildman–Crippen LogP) is 2.45. The first-order valence-corrected chi connectivity index (χ1v) is 8.00. The van der Waals surface area contributed by atoms with Crippen LogP contribution < -0.4 is 5.32 Å². The Bertz CT molecular complexity index is 715. The molecule has 0 amide bonds. The lowest BCUT2D eigenvalue weighted by atomic mass is 9.91. The topological polar surface area (TPSA) is 64.1 Å². The van der Waals surface area contributed by atoms with E-state index in [2.05, 4.69) is 34.3 Å². The molecule has 1 unspecified atom stereocenters. The molecule has 120 valence electrons. The van der Waals surface area contributed by atoms with Crippen LogP contribution in [0.15, 0.2) is 30.5 Å². The maximum absolute atomic E-state index is 12.1. The van der Waals surface area contributed by atoms with Gasteiger partial charge in [0.25, 0.3) is 0 Å². The van der Waals surface area contributed by atoms with Crippen molar-refractivity contribution in [2.45, 2.75) is 32.2 Å². The van der Waals surface area contributed by atoms with Gasteiger partial charge in [0.15, 0.2) is 0 Å². The molecule has 1 N–H and O–H groups in total. The Morgan fingerprint density at radius 1 is 1.39 bits per heavy atom. The van der Waals surface area contributed by atoms with Crippen molar-refractivity contribution in [3.8, 4) is 0 Å². The first-order valence-electron chi connectivity index (χ1n) is 8.00. The van der Waals surface area contributed by atoms with E-state index in [4.69, 9.17) is 4.74 Å². The summed E-state index contributed by atoms with van der Waals surface area (Å²) in [4.78, 5) is 21.1. The Hall–Kier alpha value is -2.27. The minimum Gasteiger partial charge on any atom is -0.465 e. The van der Waals surface area contributed by atoms with Crippen LogP contribution in [0.25, 0.3) is 0 Å². The molecule has 0 fully saturated rings. The van der Waals surface area contributed by atoms with Crippen LogP contribution in [0.1, 0.15) is 52.4 Å². The number of fused-ring (bicyclic) bond motifs is 1. The Balaban J connectivity index is 2.10. The number of aromatic nitrogens is 2. The van der Waals surface area contributed by atoms with E-state index < -0.39 is 5.97 Å². The number of hydrogen-bond donors (Lipinski definition) is 1. The van der Waals surface area contributed by atoms with Gasteiger partial charge in [-0.05, 0) is 24.0 Å². The zero-order chi connectivity index (χ0) is 16.2. The second-order valence-electron chi connectivity index (χ2n) is 5.66. The normalized spacial score (nSPS) is 16.7. The summed E-state index contributed by atoms with van der Waals surface area (Å²) < 4.78 is 4.91. The smallest absolute Gasteiger partial charge is 0.341 e. The van der Waals surface area contributed by atoms with E-state index in [-0.39, 0.29) is 6.04 Å². The van der Waals surface area contributed by atoms with Gasteiger partial charge < -0.3 is 10.1 Å². The number of carbonyl (C=O) groups excluding carboxylic acids is 1. The molecule has 0 radical (unpaired) electrons. The van der Waals surface area contributed by atoms with Crippen molar-refractivity contribution >= 4 is 5.97 Å². The Labute approximate surface area is 136 Å². The summed E-state index contributed by atoms with van der Waals surface area (Å²) in [5, 5.41) is 3.48. The molecule has 0 bridgehead atoms. The fourth-order valence-corrected chi connectivity index (χ4v) is 3.01. The predicted molar refractivity (Wildman–Crippen MR) is 87.4 cm³/mol.